The smallest absolute Gasteiger partial charge is 0.123 e. The average Bonchev–Trinajstić information content (AvgIpc) is 3.13. The van der Waals surface area contributed by atoms with Crippen molar-refractivity contribution in [2.75, 3.05) is 12.8 Å². The minimum Gasteiger partial charge on any atom is -0.327 e. The van der Waals surface area contributed by atoms with Crippen molar-refractivity contribution in [3.05, 3.63) is 30.1 Å². The second kappa shape index (κ2) is 5.17. The lowest BCUT2D eigenvalue weighted by atomic mass is 10.3. The highest BCUT2D eigenvalue weighted by Gasteiger charge is 2.41. The van der Waals surface area contributed by atoms with Crippen LogP contribution < -0.4 is 5.32 Å². The molecule has 0 atom stereocenters. The normalized spacial score (nSPS) is 16.9. The van der Waals surface area contributed by atoms with Crippen LogP contribution >= 0.6 is 11.8 Å². The highest BCUT2D eigenvalue weighted by molar-refractivity contribution is 8.00. The first-order valence-electron chi connectivity index (χ1n) is 6.98. The summed E-state index contributed by atoms with van der Waals surface area (Å²) in [4.78, 5) is 4.74. The Kier molecular flexibility index (Phi) is 3.54. The van der Waals surface area contributed by atoms with Crippen molar-refractivity contribution in [2.45, 2.75) is 37.6 Å². The predicted molar refractivity (Wildman–Crippen MR) is 82.6 cm³/mol. The van der Waals surface area contributed by atoms with Gasteiger partial charge in [-0.25, -0.2) is 4.98 Å². The Balaban J connectivity index is 1.73. The summed E-state index contributed by atoms with van der Waals surface area (Å²) in [5, 5.41) is 3.59. The van der Waals surface area contributed by atoms with Crippen LogP contribution in [0.4, 0.5) is 0 Å². The van der Waals surface area contributed by atoms with Crippen molar-refractivity contribution in [2.24, 2.45) is 0 Å². The molecule has 102 valence electrons. The standard InChI is InChI=1S/C15H21N3S/c1-3-18-13-7-5-4-6-12(13)17-14(18)10-16-11-15(19-2)8-9-15/h4-7,16H,3,8-11H2,1-2H3. The number of thioether (sulfide) groups is 1. The van der Waals surface area contributed by atoms with Crippen molar-refractivity contribution in [3.63, 3.8) is 0 Å². The summed E-state index contributed by atoms with van der Waals surface area (Å²) in [6.45, 7) is 5.12. The Morgan fingerprint density at radius 1 is 1.37 bits per heavy atom. The minimum absolute atomic E-state index is 0.517. The van der Waals surface area contributed by atoms with Crippen LogP contribution in [0.2, 0.25) is 0 Å². The van der Waals surface area contributed by atoms with E-state index in [1.54, 1.807) is 0 Å². The molecular weight excluding hydrogens is 254 g/mol. The van der Waals surface area contributed by atoms with E-state index < -0.39 is 0 Å². The molecular formula is C15H21N3S. The van der Waals surface area contributed by atoms with Crippen LogP contribution in [0.1, 0.15) is 25.6 Å². The fourth-order valence-electron chi connectivity index (χ4n) is 2.61. The van der Waals surface area contributed by atoms with Crippen molar-refractivity contribution < 1.29 is 0 Å². The molecule has 1 aliphatic carbocycles. The van der Waals surface area contributed by atoms with Gasteiger partial charge in [-0.15, -0.1) is 0 Å². The molecule has 3 rings (SSSR count). The topological polar surface area (TPSA) is 29.9 Å². The number of rotatable bonds is 6. The fourth-order valence-corrected chi connectivity index (χ4v) is 3.36. The van der Waals surface area contributed by atoms with E-state index >= 15 is 0 Å². The molecule has 0 unspecified atom stereocenters. The number of benzene rings is 1. The van der Waals surface area contributed by atoms with E-state index in [1.807, 2.05) is 11.8 Å². The molecule has 0 aliphatic heterocycles. The monoisotopic (exact) mass is 275 g/mol. The molecule has 1 fully saturated rings. The van der Waals surface area contributed by atoms with Gasteiger partial charge in [-0.1, -0.05) is 12.1 Å². The molecule has 1 heterocycles. The van der Waals surface area contributed by atoms with Crippen LogP contribution in [0.25, 0.3) is 11.0 Å². The lowest BCUT2D eigenvalue weighted by Crippen LogP contribution is -2.26. The summed E-state index contributed by atoms with van der Waals surface area (Å²) in [5.41, 5.74) is 2.35. The highest BCUT2D eigenvalue weighted by atomic mass is 32.2. The van der Waals surface area contributed by atoms with Crippen LogP contribution in [0, 0.1) is 0 Å². The summed E-state index contributed by atoms with van der Waals surface area (Å²) >= 11 is 2.00. The predicted octanol–water partition coefficient (Wildman–Crippen LogP) is 3.04. The third-order valence-electron chi connectivity index (χ3n) is 4.02. The van der Waals surface area contributed by atoms with Gasteiger partial charge in [0.15, 0.2) is 0 Å². The van der Waals surface area contributed by atoms with E-state index in [1.165, 1.54) is 18.4 Å². The SMILES string of the molecule is CCn1c(CNCC2(SC)CC2)nc2ccccc21. The lowest BCUT2D eigenvalue weighted by Gasteiger charge is -2.13. The van der Waals surface area contributed by atoms with Gasteiger partial charge in [0.1, 0.15) is 5.82 Å². The summed E-state index contributed by atoms with van der Waals surface area (Å²) in [5.74, 6) is 1.15. The van der Waals surface area contributed by atoms with E-state index in [0.717, 1.165) is 31.0 Å². The van der Waals surface area contributed by atoms with Crippen LogP contribution in [0.5, 0.6) is 0 Å². The Morgan fingerprint density at radius 2 is 2.16 bits per heavy atom. The van der Waals surface area contributed by atoms with Crippen molar-refractivity contribution in [1.82, 2.24) is 14.9 Å². The summed E-state index contributed by atoms with van der Waals surface area (Å²) in [6.07, 6.45) is 4.92. The molecule has 0 spiro atoms. The highest BCUT2D eigenvalue weighted by Crippen LogP contribution is 2.46. The molecule has 1 saturated carbocycles. The maximum atomic E-state index is 4.74. The van der Waals surface area contributed by atoms with Gasteiger partial charge in [0.25, 0.3) is 0 Å². The van der Waals surface area contributed by atoms with Crippen LogP contribution in [-0.2, 0) is 13.1 Å². The number of aryl methyl sites for hydroxylation is 1. The molecule has 19 heavy (non-hydrogen) atoms. The maximum absolute atomic E-state index is 4.74. The summed E-state index contributed by atoms with van der Waals surface area (Å²) in [7, 11) is 0. The Hall–Kier alpha value is -1.00. The molecule has 4 heteroatoms. The van der Waals surface area contributed by atoms with E-state index in [9.17, 15) is 0 Å². The van der Waals surface area contributed by atoms with Crippen LogP contribution in [-0.4, -0.2) is 27.1 Å². The fraction of sp³-hybridized carbons (Fsp3) is 0.533. The van der Waals surface area contributed by atoms with Crippen LogP contribution in [0.15, 0.2) is 24.3 Å². The van der Waals surface area contributed by atoms with Crippen molar-refractivity contribution in [3.8, 4) is 0 Å². The summed E-state index contributed by atoms with van der Waals surface area (Å²) in [6, 6.07) is 8.38. The van der Waals surface area contributed by atoms with Crippen molar-refractivity contribution in [1.29, 1.82) is 0 Å². The van der Waals surface area contributed by atoms with Gasteiger partial charge < -0.3 is 9.88 Å². The molecule has 0 saturated heterocycles. The average molecular weight is 275 g/mol. The van der Waals surface area contributed by atoms with Gasteiger partial charge in [0.2, 0.25) is 0 Å². The van der Waals surface area contributed by atoms with Gasteiger partial charge in [-0.2, -0.15) is 11.8 Å². The number of nitrogens with zero attached hydrogens (tertiary/aromatic N) is 2. The first-order chi connectivity index (χ1) is 9.28. The van der Waals surface area contributed by atoms with E-state index in [2.05, 4.69) is 47.3 Å². The Labute approximate surface area is 118 Å². The number of aromatic nitrogens is 2. The lowest BCUT2D eigenvalue weighted by molar-refractivity contribution is 0.608. The number of hydrogen-bond acceptors (Lipinski definition) is 3. The molecule has 0 amide bonds. The van der Waals surface area contributed by atoms with Gasteiger partial charge >= 0.3 is 0 Å². The Bertz CT molecular complexity index is 572. The number of hydrogen-bond donors (Lipinski definition) is 1. The quantitative estimate of drug-likeness (QED) is 0.879. The molecule has 1 aromatic heterocycles. The number of fused-ring (bicyclic) bond motifs is 1. The van der Waals surface area contributed by atoms with Gasteiger partial charge in [0.05, 0.1) is 17.6 Å². The van der Waals surface area contributed by atoms with Gasteiger partial charge in [-0.3, -0.25) is 0 Å². The number of para-hydroxylation sites is 2. The molecule has 1 aliphatic rings. The summed E-state index contributed by atoms with van der Waals surface area (Å²) < 4.78 is 2.82. The largest absolute Gasteiger partial charge is 0.327 e. The number of nitrogens with one attached hydrogen (secondary N) is 1. The molecule has 1 aromatic carbocycles. The number of imidazole rings is 1. The molecule has 0 radical (unpaired) electrons. The first kappa shape index (κ1) is 13.0. The van der Waals surface area contributed by atoms with E-state index in [0.29, 0.717) is 4.75 Å². The zero-order valence-electron chi connectivity index (χ0n) is 11.6. The second-order valence-corrected chi connectivity index (χ2v) is 6.53. The Morgan fingerprint density at radius 3 is 2.84 bits per heavy atom. The first-order valence-corrected chi connectivity index (χ1v) is 8.20. The van der Waals surface area contributed by atoms with Crippen LogP contribution in [0.3, 0.4) is 0 Å². The second-order valence-electron chi connectivity index (χ2n) is 5.25. The minimum atomic E-state index is 0.517. The zero-order valence-corrected chi connectivity index (χ0v) is 12.5. The molecule has 3 nitrogen and oxygen atoms in total. The third-order valence-corrected chi connectivity index (χ3v) is 5.44. The molecule has 1 N–H and O–H groups in total. The van der Waals surface area contributed by atoms with Gasteiger partial charge in [0, 0.05) is 17.8 Å². The van der Waals surface area contributed by atoms with Crippen molar-refractivity contribution >= 4 is 22.8 Å². The third kappa shape index (κ3) is 2.51. The molecule has 2 aromatic rings. The van der Waals surface area contributed by atoms with E-state index in [4.69, 9.17) is 4.98 Å². The maximum Gasteiger partial charge on any atom is 0.123 e. The zero-order chi connectivity index (χ0) is 13.3. The van der Waals surface area contributed by atoms with Gasteiger partial charge in [-0.05, 0) is 38.2 Å². The van der Waals surface area contributed by atoms with E-state index in [-0.39, 0.29) is 0 Å². The molecule has 0 bridgehead atoms.